The fourth-order valence-corrected chi connectivity index (χ4v) is 0. The van der Waals surface area contributed by atoms with Gasteiger partial charge in [-0.2, -0.15) is 0 Å². The van der Waals surface area contributed by atoms with E-state index in [1.807, 2.05) is 0 Å². The Morgan fingerprint density at radius 2 is 1.57 bits per heavy atom. The molecule has 0 aromatic carbocycles. The zero-order chi connectivity index (χ0) is 6.08. The van der Waals surface area contributed by atoms with Gasteiger partial charge in [-0.25, -0.2) is 4.74 Å². The molecule has 0 amide bonds. The van der Waals surface area contributed by atoms with Crippen molar-refractivity contribution in [2.75, 3.05) is 0 Å². The van der Waals surface area contributed by atoms with Gasteiger partial charge in [-0.3, -0.25) is 0 Å². The summed E-state index contributed by atoms with van der Waals surface area (Å²) in [7, 11) is 0. The van der Waals surface area contributed by atoms with Gasteiger partial charge in [0.05, 0.1) is 0 Å². The number of hydrogen-bond donors (Lipinski definition) is 0. The van der Waals surface area contributed by atoms with Gasteiger partial charge in [0, 0.05) is 20.8 Å². The molecule has 0 atom stereocenters. The fourth-order valence-electron chi connectivity index (χ4n) is 0. The van der Waals surface area contributed by atoms with Crippen molar-refractivity contribution in [3.8, 4) is 0 Å². The second-order valence-corrected chi connectivity index (χ2v) is 2.50. The first-order valence-electron chi connectivity index (χ1n) is 2.16. The molecule has 0 N–H and O–H groups in total. The molecule has 2 heteroatoms. The summed E-state index contributed by atoms with van der Waals surface area (Å²) in [5.41, 5.74) is -0.444. The van der Waals surface area contributed by atoms with E-state index in [-0.39, 0.29) is 0 Å². The minimum atomic E-state index is -0.444. The van der Waals surface area contributed by atoms with E-state index in [1.54, 1.807) is 20.8 Å². The Morgan fingerprint density at radius 1 is 1.43 bits per heavy atom. The Hall–Kier alpha value is -0.530. The minimum Gasteiger partial charge on any atom is -0.623 e. The molecule has 0 fully saturated rings. The van der Waals surface area contributed by atoms with Gasteiger partial charge in [-0.15, -0.1) is 0 Å². The summed E-state index contributed by atoms with van der Waals surface area (Å²) in [5, 5.41) is 10.2. The Balaban J connectivity index is 3.79. The van der Waals surface area contributed by atoms with Crippen molar-refractivity contribution in [3.05, 3.63) is 5.21 Å². The third-order valence-corrected chi connectivity index (χ3v) is 0.661. The van der Waals surface area contributed by atoms with Crippen molar-refractivity contribution >= 4 is 6.72 Å². The Labute approximate surface area is 44.1 Å². The molecule has 0 unspecified atom stereocenters. The van der Waals surface area contributed by atoms with Crippen LogP contribution in [0.2, 0.25) is 0 Å². The molecule has 0 bridgehead atoms. The lowest BCUT2D eigenvalue weighted by atomic mass is 10.1. The topological polar surface area (TPSA) is 26.1 Å². The highest BCUT2D eigenvalue weighted by atomic mass is 16.5. The van der Waals surface area contributed by atoms with Crippen LogP contribution in [0.3, 0.4) is 0 Å². The second-order valence-electron chi connectivity index (χ2n) is 2.50. The van der Waals surface area contributed by atoms with Crippen LogP contribution >= 0.6 is 0 Å². The van der Waals surface area contributed by atoms with E-state index in [2.05, 4.69) is 0 Å². The average molecular weight is 100 g/mol. The van der Waals surface area contributed by atoms with Crippen LogP contribution in [0, 0.1) is 5.21 Å². The molecule has 0 saturated heterocycles. The molecule has 7 heavy (non-hydrogen) atoms. The first-order valence-corrected chi connectivity index (χ1v) is 2.16. The molecular formula is C5H10NO. The molecule has 0 saturated carbocycles. The molecule has 0 aliphatic carbocycles. The van der Waals surface area contributed by atoms with Crippen LogP contribution in [-0.4, -0.2) is 17.0 Å². The number of nitrogens with zero attached hydrogens (tertiary/aromatic N) is 1. The SMILES string of the molecule is [CH]=[N+]([O-])C(C)(C)C. The van der Waals surface area contributed by atoms with Gasteiger partial charge in [0.15, 0.2) is 5.54 Å². The molecule has 1 radical (unpaired) electrons. The normalized spacial score (nSPS) is 11.3. The maximum atomic E-state index is 10.2. The van der Waals surface area contributed by atoms with Crippen LogP contribution in [0.5, 0.6) is 0 Å². The van der Waals surface area contributed by atoms with Crippen molar-refractivity contribution in [1.29, 1.82) is 0 Å². The van der Waals surface area contributed by atoms with Crippen LogP contribution in [0.1, 0.15) is 20.8 Å². The minimum absolute atomic E-state index is 0.438. The van der Waals surface area contributed by atoms with Gasteiger partial charge in [0.25, 0.3) is 0 Å². The first-order chi connectivity index (χ1) is 2.94. The van der Waals surface area contributed by atoms with E-state index in [0.717, 1.165) is 0 Å². The number of hydroxylamine groups is 1. The van der Waals surface area contributed by atoms with Gasteiger partial charge in [-0.05, 0) is 0 Å². The second kappa shape index (κ2) is 1.52. The average Bonchev–Trinajstić information content (AvgIpc) is 1.31. The van der Waals surface area contributed by atoms with Gasteiger partial charge in [0.1, 0.15) is 0 Å². The maximum Gasteiger partial charge on any atom is 0.240 e. The molecule has 0 aliphatic rings. The molecule has 0 aromatic heterocycles. The lowest BCUT2D eigenvalue weighted by Gasteiger charge is -2.15. The third-order valence-electron chi connectivity index (χ3n) is 0.661. The van der Waals surface area contributed by atoms with E-state index < -0.39 is 5.54 Å². The largest absolute Gasteiger partial charge is 0.623 e. The predicted molar refractivity (Wildman–Crippen MR) is 29.4 cm³/mol. The van der Waals surface area contributed by atoms with Crippen LogP contribution in [-0.2, 0) is 0 Å². The summed E-state index contributed by atoms with van der Waals surface area (Å²) >= 11 is 0. The molecule has 2 nitrogen and oxygen atoms in total. The summed E-state index contributed by atoms with van der Waals surface area (Å²) in [6.07, 6.45) is 0. The molecule has 41 valence electrons. The van der Waals surface area contributed by atoms with E-state index >= 15 is 0 Å². The molecule has 0 spiro atoms. The van der Waals surface area contributed by atoms with E-state index in [9.17, 15) is 5.21 Å². The van der Waals surface area contributed by atoms with Crippen LogP contribution in [0.15, 0.2) is 0 Å². The molecule has 0 aromatic rings. The highest BCUT2D eigenvalue weighted by Gasteiger charge is 2.15. The third kappa shape index (κ3) is 2.20. The number of hydrogen-bond acceptors (Lipinski definition) is 1. The summed E-state index contributed by atoms with van der Waals surface area (Å²) in [5.74, 6) is 0. The van der Waals surface area contributed by atoms with Gasteiger partial charge < -0.3 is 5.21 Å². The Bertz CT molecular complexity index is 80.6. The fraction of sp³-hybridized carbons (Fsp3) is 0.800. The van der Waals surface area contributed by atoms with Crippen molar-refractivity contribution in [2.24, 2.45) is 0 Å². The molecule has 0 heterocycles. The number of rotatable bonds is 0. The standard InChI is InChI=1S/C5H10NO/c1-5(2,3)6(4)7/h4H,1-3H3. The Kier molecular flexibility index (Phi) is 1.41. The maximum absolute atomic E-state index is 10.2. The zero-order valence-corrected chi connectivity index (χ0v) is 4.93. The quantitative estimate of drug-likeness (QED) is 0.192. The van der Waals surface area contributed by atoms with Crippen molar-refractivity contribution in [3.63, 3.8) is 0 Å². The lowest BCUT2D eigenvalue weighted by molar-refractivity contribution is -0.527. The van der Waals surface area contributed by atoms with Crippen molar-refractivity contribution in [2.45, 2.75) is 26.3 Å². The highest BCUT2D eigenvalue weighted by molar-refractivity contribution is 5.15. The van der Waals surface area contributed by atoms with Crippen LogP contribution < -0.4 is 0 Å². The van der Waals surface area contributed by atoms with Crippen molar-refractivity contribution < 1.29 is 4.74 Å². The van der Waals surface area contributed by atoms with E-state index in [0.29, 0.717) is 4.74 Å². The van der Waals surface area contributed by atoms with Gasteiger partial charge in [0.2, 0.25) is 6.72 Å². The van der Waals surface area contributed by atoms with Crippen LogP contribution in [0.4, 0.5) is 0 Å². The van der Waals surface area contributed by atoms with Crippen LogP contribution in [0.25, 0.3) is 0 Å². The summed E-state index contributed by atoms with van der Waals surface area (Å²) in [4.78, 5) is 0. The molecular weight excluding hydrogens is 90.1 g/mol. The molecule has 0 aliphatic heterocycles. The summed E-state index contributed by atoms with van der Waals surface area (Å²) < 4.78 is 0.438. The summed E-state index contributed by atoms with van der Waals surface area (Å²) in [6, 6.07) is 0. The van der Waals surface area contributed by atoms with E-state index in [4.69, 9.17) is 6.72 Å². The van der Waals surface area contributed by atoms with Gasteiger partial charge in [-0.1, -0.05) is 0 Å². The predicted octanol–water partition coefficient (Wildman–Crippen LogP) is 0.873. The highest BCUT2D eigenvalue weighted by Crippen LogP contribution is 2.02. The monoisotopic (exact) mass is 100 g/mol. The van der Waals surface area contributed by atoms with Crippen molar-refractivity contribution in [1.82, 2.24) is 0 Å². The lowest BCUT2D eigenvalue weighted by Crippen LogP contribution is -2.26. The summed E-state index contributed by atoms with van der Waals surface area (Å²) in [6.45, 7) is 10.1. The first kappa shape index (κ1) is 6.47. The van der Waals surface area contributed by atoms with E-state index in [1.165, 1.54) is 0 Å². The van der Waals surface area contributed by atoms with Gasteiger partial charge >= 0.3 is 0 Å². The smallest absolute Gasteiger partial charge is 0.240 e. The Morgan fingerprint density at radius 3 is 1.57 bits per heavy atom. The molecule has 0 rings (SSSR count). The zero-order valence-electron chi connectivity index (χ0n) is 4.93.